The van der Waals surface area contributed by atoms with E-state index in [-0.39, 0.29) is 24.5 Å². The van der Waals surface area contributed by atoms with E-state index in [1.54, 1.807) is 13.0 Å². The van der Waals surface area contributed by atoms with Gasteiger partial charge in [0, 0.05) is 10.9 Å². The number of thiophene rings is 1. The van der Waals surface area contributed by atoms with Crippen molar-refractivity contribution in [3.05, 3.63) is 21.9 Å². The molecule has 0 fully saturated rings. The van der Waals surface area contributed by atoms with Crippen LogP contribution < -0.4 is 0 Å². The average Bonchev–Trinajstić information content (AvgIpc) is 2.72. The predicted molar refractivity (Wildman–Crippen MR) is 71.9 cm³/mol. The number of carbonyl (C=O) groups excluding carboxylic acids is 2. The van der Waals surface area contributed by atoms with E-state index in [4.69, 9.17) is 4.74 Å². The maximum Gasteiger partial charge on any atom is 0.325 e. The summed E-state index contributed by atoms with van der Waals surface area (Å²) in [6.45, 7) is 7.81. The fourth-order valence-corrected chi connectivity index (χ4v) is 2.35. The monoisotopic (exact) mass is 269 g/mol. The summed E-state index contributed by atoms with van der Waals surface area (Å²) in [5.74, 6) is -0.482. The van der Waals surface area contributed by atoms with Crippen molar-refractivity contribution in [2.24, 2.45) is 0 Å². The second-order valence-corrected chi connectivity index (χ2v) is 5.53. The number of hydrogen-bond donors (Lipinski definition) is 0. The van der Waals surface area contributed by atoms with Crippen molar-refractivity contribution in [2.75, 3.05) is 13.2 Å². The van der Waals surface area contributed by atoms with Gasteiger partial charge >= 0.3 is 5.97 Å². The van der Waals surface area contributed by atoms with Crippen LogP contribution in [-0.4, -0.2) is 36.0 Å². The second-order valence-electron chi connectivity index (χ2n) is 4.24. The molecular formula is C13H19NO3S. The number of hydrogen-bond acceptors (Lipinski definition) is 4. The Balaban J connectivity index is 2.79. The maximum atomic E-state index is 12.3. The van der Waals surface area contributed by atoms with E-state index >= 15 is 0 Å². The number of carbonyl (C=O) groups is 2. The Bertz CT molecular complexity index is 426. The molecule has 18 heavy (non-hydrogen) atoms. The van der Waals surface area contributed by atoms with Crippen molar-refractivity contribution in [3.8, 4) is 0 Å². The van der Waals surface area contributed by atoms with E-state index in [2.05, 4.69) is 0 Å². The molecule has 1 rings (SSSR count). The highest BCUT2D eigenvalue weighted by Crippen LogP contribution is 2.18. The van der Waals surface area contributed by atoms with Crippen LogP contribution in [0.5, 0.6) is 0 Å². The van der Waals surface area contributed by atoms with Gasteiger partial charge in [0.25, 0.3) is 5.91 Å². The molecule has 100 valence electrons. The van der Waals surface area contributed by atoms with E-state index in [0.717, 1.165) is 4.88 Å². The van der Waals surface area contributed by atoms with Gasteiger partial charge in [-0.15, -0.1) is 11.3 Å². The zero-order valence-corrected chi connectivity index (χ0v) is 12.0. The third kappa shape index (κ3) is 3.84. The minimum Gasteiger partial charge on any atom is -0.465 e. The molecule has 0 N–H and O–H groups in total. The highest BCUT2D eigenvalue weighted by atomic mass is 32.1. The second kappa shape index (κ2) is 6.54. The van der Waals surface area contributed by atoms with Gasteiger partial charge < -0.3 is 9.64 Å². The molecule has 0 atom stereocenters. The normalized spacial score (nSPS) is 10.5. The lowest BCUT2D eigenvalue weighted by atomic mass is 10.3. The molecule has 0 bridgehead atoms. The van der Waals surface area contributed by atoms with Crippen molar-refractivity contribution in [2.45, 2.75) is 33.7 Å². The summed E-state index contributed by atoms with van der Waals surface area (Å²) in [5, 5.41) is 0. The Kier molecular flexibility index (Phi) is 5.34. The van der Waals surface area contributed by atoms with Crippen molar-refractivity contribution in [1.29, 1.82) is 0 Å². The van der Waals surface area contributed by atoms with E-state index in [1.165, 1.54) is 16.2 Å². The van der Waals surface area contributed by atoms with Crippen LogP contribution >= 0.6 is 11.3 Å². The fraction of sp³-hybridized carbons (Fsp3) is 0.538. The van der Waals surface area contributed by atoms with Crippen LogP contribution in [0.3, 0.4) is 0 Å². The van der Waals surface area contributed by atoms with Gasteiger partial charge in [0.05, 0.1) is 11.5 Å². The SMILES string of the molecule is CCOC(=O)CN(C(=O)c1ccc(C)s1)C(C)C. The molecule has 0 aliphatic heterocycles. The number of ether oxygens (including phenoxy) is 1. The summed E-state index contributed by atoms with van der Waals surface area (Å²) in [5.41, 5.74) is 0. The van der Waals surface area contributed by atoms with E-state index in [0.29, 0.717) is 11.5 Å². The van der Waals surface area contributed by atoms with Gasteiger partial charge in [-0.3, -0.25) is 9.59 Å². The molecule has 0 aliphatic carbocycles. The summed E-state index contributed by atoms with van der Waals surface area (Å²) in [4.78, 5) is 27.0. The van der Waals surface area contributed by atoms with Crippen molar-refractivity contribution < 1.29 is 14.3 Å². The first-order chi connectivity index (χ1) is 8.45. The van der Waals surface area contributed by atoms with E-state index in [1.807, 2.05) is 26.8 Å². The molecular weight excluding hydrogens is 250 g/mol. The van der Waals surface area contributed by atoms with Gasteiger partial charge in [-0.2, -0.15) is 0 Å². The molecule has 1 heterocycles. The largest absolute Gasteiger partial charge is 0.465 e. The quantitative estimate of drug-likeness (QED) is 0.771. The van der Waals surface area contributed by atoms with E-state index < -0.39 is 0 Å². The van der Waals surface area contributed by atoms with Crippen LogP contribution in [0.2, 0.25) is 0 Å². The van der Waals surface area contributed by atoms with Crippen LogP contribution in [-0.2, 0) is 9.53 Å². The minimum atomic E-state index is -0.368. The molecule has 1 amide bonds. The van der Waals surface area contributed by atoms with Gasteiger partial charge in [0.15, 0.2) is 0 Å². The summed E-state index contributed by atoms with van der Waals surface area (Å²) < 4.78 is 4.88. The van der Waals surface area contributed by atoms with Gasteiger partial charge in [0.1, 0.15) is 6.54 Å². The van der Waals surface area contributed by atoms with Crippen molar-refractivity contribution in [1.82, 2.24) is 4.90 Å². The Labute approximate surface area is 112 Å². The maximum absolute atomic E-state index is 12.3. The first kappa shape index (κ1) is 14.7. The molecule has 4 nitrogen and oxygen atoms in total. The molecule has 0 unspecified atom stereocenters. The number of rotatable bonds is 5. The Hall–Kier alpha value is -1.36. The van der Waals surface area contributed by atoms with Crippen LogP contribution in [0.4, 0.5) is 0 Å². The van der Waals surface area contributed by atoms with Gasteiger partial charge in [-0.25, -0.2) is 0 Å². The zero-order chi connectivity index (χ0) is 13.7. The number of aryl methyl sites for hydroxylation is 1. The van der Waals surface area contributed by atoms with Gasteiger partial charge in [-0.1, -0.05) is 0 Å². The number of esters is 1. The van der Waals surface area contributed by atoms with E-state index in [9.17, 15) is 9.59 Å². The lowest BCUT2D eigenvalue weighted by Gasteiger charge is -2.25. The van der Waals surface area contributed by atoms with Crippen molar-refractivity contribution >= 4 is 23.2 Å². The smallest absolute Gasteiger partial charge is 0.325 e. The number of amides is 1. The third-order valence-corrected chi connectivity index (χ3v) is 3.43. The van der Waals surface area contributed by atoms with Crippen LogP contribution in [0.15, 0.2) is 12.1 Å². The first-order valence-electron chi connectivity index (χ1n) is 5.98. The van der Waals surface area contributed by atoms with Crippen LogP contribution in [0, 0.1) is 6.92 Å². The zero-order valence-electron chi connectivity index (χ0n) is 11.2. The average molecular weight is 269 g/mol. The lowest BCUT2D eigenvalue weighted by molar-refractivity contribution is -0.144. The predicted octanol–water partition coefficient (Wildman–Crippen LogP) is 2.47. The molecule has 0 saturated heterocycles. The molecule has 0 spiro atoms. The summed E-state index contributed by atoms with van der Waals surface area (Å²) >= 11 is 1.44. The highest BCUT2D eigenvalue weighted by molar-refractivity contribution is 7.13. The Morgan fingerprint density at radius 3 is 2.50 bits per heavy atom. The van der Waals surface area contributed by atoms with Crippen LogP contribution in [0.1, 0.15) is 35.3 Å². The molecule has 0 aromatic carbocycles. The van der Waals surface area contributed by atoms with Gasteiger partial charge in [-0.05, 0) is 39.8 Å². The lowest BCUT2D eigenvalue weighted by Crippen LogP contribution is -2.41. The van der Waals surface area contributed by atoms with Crippen LogP contribution in [0.25, 0.3) is 0 Å². The molecule has 0 aliphatic rings. The molecule has 5 heteroatoms. The third-order valence-electron chi connectivity index (χ3n) is 2.44. The summed E-state index contributed by atoms with van der Waals surface area (Å²) in [6, 6.07) is 3.66. The summed E-state index contributed by atoms with van der Waals surface area (Å²) in [7, 11) is 0. The first-order valence-corrected chi connectivity index (χ1v) is 6.80. The molecule has 0 saturated carbocycles. The Morgan fingerprint density at radius 1 is 1.39 bits per heavy atom. The van der Waals surface area contributed by atoms with Gasteiger partial charge in [0.2, 0.25) is 0 Å². The molecule has 1 aromatic heterocycles. The fourth-order valence-electron chi connectivity index (χ4n) is 1.53. The Morgan fingerprint density at radius 2 is 2.06 bits per heavy atom. The number of nitrogens with zero attached hydrogens (tertiary/aromatic N) is 1. The standard InChI is InChI=1S/C13H19NO3S/c1-5-17-12(15)8-14(9(2)3)13(16)11-7-6-10(4)18-11/h6-7,9H,5,8H2,1-4H3. The topological polar surface area (TPSA) is 46.6 Å². The summed E-state index contributed by atoms with van der Waals surface area (Å²) in [6.07, 6.45) is 0. The molecule has 1 aromatic rings. The van der Waals surface area contributed by atoms with Crippen molar-refractivity contribution in [3.63, 3.8) is 0 Å². The molecule has 0 radical (unpaired) electrons. The minimum absolute atomic E-state index is 0.00128. The highest BCUT2D eigenvalue weighted by Gasteiger charge is 2.23.